The Balaban J connectivity index is 2.00. The average Bonchev–Trinajstić information content (AvgIpc) is 2.49. The highest BCUT2D eigenvalue weighted by Gasteiger charge is 2.29. The molecule has 2 N–H and O–H groups in total. The normalized spacial score (nSPS) is 19.4. The lowest BCUT2D eigenvalue weighted by Crippen LogP contribution is -2.25. The van der Waals surface area contributed by atoms with Crippen LogP contribution in [-0.2, 0) is 6.42 Å². The lowest BCUT2D eigenvalue weighted by molar-refractivity contribution is 0.459. The van der Waals surface area contributed by atoms with Gasteiger partial charge >= 0.3 is 0 Å². The third-order valence-electron chi connectivity index (χ3n) is 4.01. The van der Waals surface area contributed by atoms with Crippen LogP contribution in [-0.4, -0.2) is 4.98 Å². The highest BCUT2D eigenvalue weighted by Crippen LogP contribution is 2.40. The van der Waals surface area contributed by atoms with Crippen LogP contribution in [0.2, 0.25) is 0 Å². The minimum Gasteiger partial charge on any atom is -0.323 e. The molecule has 20 heavy (non-hydrogen) atoms. The first kappa shape index (κ1) is 13.7. The van der Waals surface area contributed by atoms with E-state index >= 15 is 0 Å². The minimum atomic E-state index is -0.269. The largest absolute Gasteiger partial charge is 0.323 e. The molecule has 0 radical (unpaired) electrons. The van der Waals surface area contributed by atoms with Crippen molar-refractivity contribution in [3.8, 4) is 0 Å². The second-order valence-corrected chi connectivity index (χ2v) is 6.01. The van der Waals surface area contributed by atoms with Crippen molar-refractivity contribution in [3.63, 3.8) is 0 Å². The highest BCUT2D eigenvalue weighted by atomic mass is 79.9. The maximum Gasteiger partial charge on any atom is 0.137 e. The van der Waals surface area contributed by atoms with E-state index in [-0.39, 0.29) is 17.8 Å². The van der Waals surface area contributed by atoms with E-state index in [9.17, 15) is 4.39 Å². The van der Waals surface area contributed by atoms with Crippen molar-refractivity contribution < 1.29 is 4.39 Å². The molecule has 0 spiro atoms. The van der Waals surface area contributed by atoms with Crippen LogP contribution in [0.4, 0.5) is 4.39 Å². The van der Waals surface area contributed by atoms with Crippen LogP contribution >= 0.6 is 15.9 Å². The molecule has 2 aromatic rings. The Hall–Kier alpha value is -1.26. The Bertz CT molecular complexity index is 630. The SMILES string of the molecule is NC(c1cccc(F)c1Br)C1CCCc2cccnc21. The molecule has 0 bridgehead atoms. The van der Waals surface area contributed by atoms with Crippen molar-refractivity contribution in [2.24, 2.45) is 5.73 Å². The van der Waals surface area contributed by atoms with Crippen molar-refractivity contribution >= 4 is 15.9 Å². The van der Waals surface area contributed by atoms with Crippen molar-refractivity contribution in [2.45, 2.75) is 31.2 Å². The Labute approximate surface area is 126 Å². The van der Waals surface area contributed by atoms with Gasteiger partial charge in [0.1, 0.15) is 5.82 Å². The van der Waals surface area contributed by atoms with Crippen LogP contribution in [0.25, 0.3) is 0 Å². The molecule has 1 aliphatic rings. The average molecular weight is 335 g/mol. The van der Waals surface area contributed by atoms with E-state index in [1.807, 2.05) is 18.3 Å². The molecule has 2 atom stereocenters. The zero-order chi connectivity index (χ0) is 14.1. The van der Waals surface area contributed by atoms with Crippen LogP contribution in [0, 0.1) is 5.82 Å². The van der Waals surface area contributed by atoms with Crippen molar-refractivity contribution in [2.75, 3.05) is 0 Å². The lowest BCUT2D eigenvalue weighted by atomic mass is 9.80. The molecule has 1 aromatic carbocycles. The Morgan fingerprint density at radius 1 is 1.30 bits per heavy atom. The number of hydrogen-bond acceptors (Lipinski definition) is 2. The third-order valence-corrected chi connectivity index (χ3v) is 4.85. The third kappa shape index (κ3) is 2.38. The monoisotopic (exact) mass is 334 g/mol. The van der Waals surface area contributed by atoms with Crippen molar-refractivity contribution in [3.05, 3.63) is 63.6 Å². The fourth-order valence-corrected chi connectivity index (χ4v) is 3.52. The highest BCUT2D eigenvalue weighted by molar-refractivity contribution is 9.10. The Kier molecular flexibility index (Phi) is 3.85. The van der Waals surface area contributed by atoms with Crippen LogP contribution in [0.15, 0.2) is 41.0 Å². The van der Waals surface area contributed by atoms with Gasteiger partial charge in [-0.05, 0) is 58.5 Å². The molecule has 0 fully saturated rings. The van der Waals surface area contributed by atoms with E-state index < -0.39 is 0 Å². The van der Waals surface area contributed by atoms with Crippen LogP contribution in [0.5, 0.6) is 0 Å². The molecule has 104 valence electrons. The van der Waals surface area contributed by atoms with Crippen LogP contribution in [0.1, 0.15) is 41.6 Å². The molecule has 2 nitrogen and oxygen atoms in total. The zero-order valence-electron chi connectivity index (χ0n) is 11.0. The standard InChI is InChI=1S/C16H16BrFN2/c17-14-11(6-2-8-13(14)18)15(19)12-7-1-4-10-5-3-9-20-16(10)12/h2-3,5-6,8-9,12,15H,1,4,7,19H2. The van der Waals surface area contributed by atoms with Gasteiger partial charge in [0.05, 0.1) is 4.47 Å². The molecule has 0 saturated carbocycles. The fourth-order valence-electron chi connectivity index (χ4n) is 2.99. The fraction of sp³-hybridized carbons (Fsp3) is 0.312. The topological polar surface area (TPSA) is 38.9 Å². The molecule has 1 aromatic heterocycles. The van der Waals surface area contributed by atoms with Gasteiger partial charge in [-0.15, -0.1) is 0 Å². The van der Waals surface area contributed by atoms with E-state index in [0.29, 0.717) is 4.47 Å². The van der Waals surface area contributed by atoms with E-state index in [4.69, 9.17) is 5.73 Å². The van der Waals surface area contributed by atoms with Crippen LogP contribution < -0.4 is 5.73 Å². The smallest absolute Gasteiger partial charge is 0.137 e. The predicted molar refractivity (Wildman–Crippen MR) is 80.9 cm³/mol. The van der Waals surface area contributed by atoms with E-state index in [2.05, 4.69) is 27.0 Å². The molecule has 1 heterocycles. The van der Waals surface area contributed by atoms with Gasteiger partial charge in [-0.25, -0.2) is 4.39 Å². The molecular weight excluding hydrogens is 319 g/mol. The van der Waals surface area contributed by atoms with Gasteiger partial charge in [0.25, 0.3) is 0 Å². The van der Waals surface area contributed by atoms with E-state index in [1.54, 1.807) is 6.07 Å². The number of nitrogens with two attached hydrogens (primary N) is 1. The quantitative estimate of drug-likeness (QED) is 0.897. The van der Waals surface area contributed by atoms with Gasteiger partial charge in [-0.3, -0.25) is 4.98 Å². The first-order chi connectivity index (χ1) is 9.68. The number of hydrogen-bond donors (Lipinski definition) is 1. The molecule has 4 heteroatoms. The first-order valence-electron chi connectivity index (χ1n) is 6.81. The maximum atomic E-state index is 13.7. The minimum absolute atomic E-state index is 0.151. The number of rotatable bonds is 2. The lowest BCUT2D eigenvalue weighted by Gasteiger charge is -2.29. The van der Waals surface area contributed by atoms with Crippen LogP contribution in [0.3, 0.4) is 0 Å². The number of halogens is 2. The summed E-state index contributed by atoms with van der Waals surface area (Å²) in [6.45, 7) is 0. The van der Waals surface area contributed by atoms with E-state index in [0.717, 1.165) is 30.5 Å². The van der Waals surface area contributed by atoms with Gasteiger partial charge in [0.2, 0.25) is 0 Å². The summed E-state index contributed by atoms with van der Waals surface area (Å²) in [6, 6.07) is 8.86. The molecule has 3 rings (SSSR count). The molecule has 0 saturated heterocycles. The summed E-state index contributed by atoms with van der Waals surface area (Å²) in [7, 11) is 0. The number of aromatic nitrogens is 1. The Morgan fingerprint density at radius 3 is 3.00 bits per heavy atom. The van der Waals surface area contributed by atoms with E-state index in [1.165, 1.54) is 11.6 Å². The molecular formula is C16H16BrFN2. The van der Waals surface area contributed by atoms with Gasteiger partial charge < -0.3 is 5.73 Å². The summed E-state index contributed by atoms with van der Waals surface area (Å²) in [6.07, 6.45) is 4.96. The first-order valence-corrected chi connectivity index (χ1v) is 7.61. The van der Waals surface area contributed by atoms with Crippen molar-refractivity contribution in [1.29, 1.82) is 0 Å². The second-order valence-electron chi connectivity index (χ2n) is 5.22. The number of fused-ring (bicyclic) bond motifs is 1. The van der Waals surface area contributed by atoms with Crippen molar-refractivity contribution in [1.82, 2.24) is 4.98 Å². The molecule has 2 unspecified atom stereocenters. The number of pyridine rings is 1. The van der Waals surface area contributed by atoms with Gasteiger partial charge in [0.15, 0.2) is 0 Å². The van der Waals surface area contributed by atoms with Gasteiger partial charge in [0, 0.05) is 23.9 Å². The summed E-state index contributed by atoms with van der Waals surface area (Å²) >= 11 is 3.31. The molecule has 0 amide bonds. The number of benzene rings is 1. The van der Waals surface area contributed by atoms with Gasteiger partial charge in [-0.1, -0.05) is 18.2 Å². The predicted octanol–water partition coefficient (Wildman–Crippen LogP) is 4.10. The summed E-state index contributed by atoms with van der Waals surface area (Å²) in [5.74, 6) is -0.118. The molecule has 1 aliphatic carbocycles. The summed E-state index contributed by atoms with van der Waals surface area (Å²) in [5, 5.41) is 0. The number of nitrogens with zero attached hydrogens (tertiary/aromatic N) is 1. The van der Waals surface area contributed by atoms with Gasteiger partial charge in [-0.2, -0.15) is 0 Å². The molecule has 0 aliphatic heterocycles. The zero-order valence-corrected chi connectivity index (χ0v) is 12.6. The Morgan fingerprint density at radius 2 is 2.15 bits per heavy atom. The summed E-state index contributed by atoms with van der Waals surface area (Å²) < 4.78 is 14.2. The summed E-state index contributed by atoms with van der Waals surface area (Å²) in [5.41, 5.74) is 9.57. The number of aryl methyl sites for hydroxylation is 1. The summed E-state index contributed by atoms with van der Waals surface area (Å²) in [4.78, 5) is 4.51. The second kappa shape index (κ2) is 5.62. The maximum absolute atomic E-state index is 13.7.